The molecule has 0 atom stereocenters. The molecule has 1 nitrogen and oxygen atoms in total. The summed E-state index contributed by atoms with van der Waals surface area (Å²) in [4.78, 5) is 0. The Hall–Kier alpha value is -0.0400. The predicted octanol–water partition coefficient (Wildman–Crippen LogP) is 2.91. The molecule has 0 heterocycles. The minimum atomic E-state index is 0.575. The fourth-order valence-electron chi connectivity index (χ4n) is 1.21. The second kappa shape index (κ2) is 4.27. The molecule has 0 aromatic heterocycles. The minimum Gasteiger partial charge on any atom is -0.331 e. The van der Waals surface area contributed by atoms with Gasteiger partial charge in [-0.25, -0.2) is 0 Å². The zero-order chi connectivity index (χ0) is 9.83. The van der Waals surface area contributed by atoms with Crippen molar-refractivity contribution in [3.63, 3.8) is 0 Å². The van der Waals surface area contributed by atoms with Crippen molar-refractivity contribution >= 4 is 0 Å². The van der Waals surface area contributed by atoms with Crippen molar-refractivity contribution in [2.75, 3.05) is 27.7 Å². The van der Waals surface area contributed by atoms with Gasteiger partial charge in [0.15, 0.2) is 0 Å². The van der Waals surface area contributed by atoms with Gasteiger partial charge in [0, 0.05) is 6.42 Å². The van der Waals surface area contributed by atoms with Crippen molar-refractivity contribution in [1.82, 2.24) is 0 Å². The van der Waals surface area contributed by atoms with Crippen LogP contribution in [-0.2, 0) is 0 Å². The number of rotatable bonds is 5. The first kappa shape index (κ1) is 12.0. The molecule has 0 aliphatic heterocycles. The Morgan fingerprint density at radius 1 is 1.00 bits per heavy atom. The molecule has 0 spiro atoms. The van der Waals surface area contributed by atoms with Crippen LogP contribution in [0.4, 0.5) is 0 Å². The van der Waals surface area contributed by atoms with Crippen molar-refractivity contribution in [3.05, 3.63) is 0 Å². The largest absolute Gasteiger partial charge is 0.331 e. The van der Waals surface area contributed by atoms with Crippen LogP contribution >= 0.6 is 0 Å². The summed E-state index contributed by atoms with van der Waals surface area (Å²) < 4.78 is 1.09. The molecule has 0 aromatic carbocycles. The van der Waals surface area contributed by atoms with Gasteiger partial charge in [0.2, 0.25) is 0 Å². The van der Waals surface area contributed by atoms with Gasteiger partial charge in [0.05, 0.1) is 27.7 Å². The number of quaternary nitrogens is 1. The summed E-state index contributed by atoms with van der Waals surface area (Å²) in [6.45, 7) is 8.30. The average molecular weight is 172 g/mol. The Bertz CT molecular complexity index is 117. The fourth-order valence-corrected chi connectivity index (χ4v) is 1.21. The maximum Gasteiger partial charge on any atom is 0.0785 e. The van der Waals surface area contributed by atoms with E-state index in [1.807, 2.05) is 0 Å². The first-order chi connectivity index (χ1) is 5.33. The lowest BCUT2D eigenvalue weighted by molar-refractivity contribution is -0.871. The van der Waals surface area contributed by atoms with E-state index in [1.54, 1.807) is 0 Å². The molecular weight excluding hydrogens is 146 g/mol. The van der Waals surface area contributed by atoms with Crippen molar-refractivity contribution in [2.45, 2.75) is 40.0 Å². The molecular formula is C11H26N+. The van der Waals surface area contributed by atoms with E-state index in [1.165, 1.54) is 25.8 Å². The molecule has 0 bridgehead atoms. The van der Waals surface area contributed by atoms with Crippen LogP contribution in [0.15, 0.2) is 0 Å². The van der Waals surface area contributed by atoms with Crippen LogP contribution in [-0.4, -0.2) is 32.2 Å². The van der Waals surface area contributed by atoms with Gasteiger partial charge in [-0.3, -0.25) is 0 Å². The maximum absolute atomic E-state index is 2.41. The van der Waals surface area contributed by atoms with Crippen LogP contribution in [0.2, 0.25) is 0 Å². The smallest absolute Gasteiger partial charge is 0.0785 e. The van der Waals surface area contributed by atoms with Gasteiger partial charge in [-0.2, -0.15) is 0 Å². The maximum atomic E-state index is 2.41. The first-order valence-corrected chi connectivity index (χ1v) is 5.13. The molecule has 0 amide bonds. The summed E-state index contributed by atoms with van der Waals surface area (Å²) in [5.41, 5.74) is 0.575. The summed E-state index contributed by atoms with van der Waals surface area (Å²) in [5, 5.41) is 0. The van der Waals surface area contributed by atoms with E-state index in [0.29, 0.717) is 5.41 Å². The zero-order valence-electron chi connectivity index (χ0n) is 9.78. The van der Waals surface area contributed by atoms with Crippen molar-refractivity contribution in [2.24, 2.45) is 5.41 Å². The van der Waals surface area contributed by atoms with Gasteiger partial charge in [-0.1, -0.05) is 33.6 Å². The van der Waals surface area contributed by atoms with Crippen LogP contribution in [0.3, 0.4) is 0 Å². The Morgan fingerprint density at radius 3 is 1.67 bits per heavy atom. The summed E-state index contributed by atoms with van der Waals surface area (Å²) in [6, 6.07) is 0. The molecule has 0 rings (SSSR count). The highest BCUT2D eigenvalue weighted by molar-refractivity contribution is 4.69. The van der Waals surface area contributed by atoms with Gasteiger partial charge in [-0.05, 0) is 5.41 Å². The van der Waals surface area contributed by atoms with E-state index in [0.717, 1.165) is 4.48 Å². The lowest BCUT2D eigenvalue weighted by Gasteiger charge is -2.32. The number of hydrogen-bond acceptors (Lipinski definition) is 0. The lowest BCUT2D eigenvalue weighted by Crippen LogP contribution is -2.37. The van der Waals surface area contributed by atoms with Gasteiger partial charge >= 0.3 is 0 Å². The van der Waals surface area contributed by atoms with Crippen molar-refractivity contribution in [1.29, 1.82) is 0 Å². The summed E-state index contributed by atoms with van der Waals surface area (Å²) in [5.74, 6) is 0. The Kier molecular flexibility index (Phi) is 4.25. The third kappa shape index (κ3) is 4.76. The summed E-state index contributed by atoms with van der Waals surface area (Å²) in [7, 11) is 6.81. The number of nitrogens with zero attached hydrogens (tertiary/aromatic N) is 1. The molecule has 74 valence electrons. The second-order valence-electron chi connectivity index (χ2n) is 5.28. The van der Waals surface area contributed by atoms with E-state index < -0.39 is 0 Å². The molecule has 0 aliphatic carbocycles. The average Bonchev–Trinajstić information content (AvgIpc) is 1.99. The van der Waals surface area contributed by atoms with Gasteiger partial charge in [0.1, 0.15) is 0 Å². The number of hydrogen-bond donors (Lipinski definition) is 0. The summed E-state index contributed by atoms with van der Waals surface area (Å²) in [6.07, 6.45) is 3.97. The Labute approximate surface area is 78.4 Å². The minimum absolute atomic E-state index is 0.575. The second-order valence-corrected chi connectivity index (χ2v) is 5.28. The van der Waals surface area contributed by atoms with E-state index >= 15 is 0 Å². The van der Waals surface area contributed by atoms with Gasteiger partial charge in [-0.15, -0.1) is 0 Å². The molecule has 0 radical (unpaired) electrons. The zero-order valence-corrected chi connectivity index (χ0v) is 9.78. The molecule has 0 fully saturated rings. The van der Waals surface area contributed by atoms with Crippen LogP contribution in [0.1, 0.15) is 40.0 Å². The van der Waals surface area contributed by atoms with E-state index in [4.69, 9.17) is 0 Å². The molecule has 0 N–H and O–H groups in total. The van der Waals surface area contributed by atoms with Crippen molar-refractivity contribution in [3.8, 4) is 0 Å². The molecule has 0 saturated carbocycles. The van der Waals surface area contributed by atoms with Crippen LogP contribution in [0, 0.1) is 5.41 Å². The molecule has 12 heavy (non-hydrogen) atoms. The highest BCUT2D eigenvalue weighted by Crippen LogP contribution is 2.29. The third-order valence-corrected chi connectivity index (χ3v) is 3.09. The Morgan fingerprint density at radius 2 is 1.42 bits per heavy atom. The standard InChI is InChI=1S/C11H26N/c1-7-11(3,8-2)9-10-12(4,5)6/h7-10H2,1-6H3/q+1. The molecule has 1 heteroatoms. The van der Waals surface area contributed by atoms with E-state index in [-0.39, 0.29) is 0 Å². The monoisotopic (exact) mass is 172 g/mol. The van der Waals surface area contributed by atoms with E-state index in [9.17, 15) is 0 Å². The highest BCUT2D eigenvalue weighted by atomic mass is 15.3. The summed E-state index contributed by atoms with van der Waals surface area (Å²) >= 11 is 0. The highest BCUT2D eigenvalue weighted by Gasteiger charge is 2.22. The first-order valence-electron chi connectivity index (χ1n) is 5.13. The van der Waals surface area contributed by atoms with Crippen LogP contribution < -0.4 is 0 Å². The van der Waals surface area contributed by atoms with Gasteiger partial charge in [0.25, 0.3) is 0 Å². The van der Waals surface area contributed by atoms with Crippen LogP contribution in [0.5, 0.6) is 0 Å². The fraction of sp³-hybridized carbons (Fsp3) is 1.00. The van der Waals surface area contributed by atoms with Crippen LogP contribution in [0.25, 0.3) is 0 Å². The van der Waals surface area contributed by atoms with E-state index in [2.05, 4.69) is 41.9 Å². The van der Waals surface area contributed by atoms with Crippen molar-refractivity contribution < 1.29 is 4.48 Å². The lowest BCUT2D eigenvalue weighted by atomic mass is 9.81. The topological polar surface area (TPSA) is 0 Å². The molecule has 0 aromatic rings. The quantitative estimate of drug-likeness (QED) is 0.559. The molecule has 0 unspecified atom stereocenters. The van der Waals surface area contributed by atoms with Gasteiger partial charge < -0.3 is 4.48 Å². The molecule has 0 aliphatic rings. The normalized spacial score (nSPS) is 13.5. The SMILES string of the molecule is CCC(C)(CC)CC[N+](C)(C)C. The molecule has 0 saturated heterocycles. The predicted molar refractivity (Wildman–Crippen MR) is 56.2 cm³/mol. The Balaban J connectivity index is 3.89. The third-order valence-electron chi connectivity index (χ3n) is 3.09.